The number of morpholine rings is 2. The molecule has 6 aromatic rings. The summed E-state index contributed by atoms with van der Waals surface area (Å²) >= 11 is 17.2. The molecular formula is C70H94BrCl2F4IN4O10Si2. The zero-order chi connectivity index (χ0) is 70.4. The van der Waals surface area contributed by atoms with Gasteiger partial charge in [0, 0.05) is 70.2 Å². The third-order valence-electron chi connectivity index (χ3n) is 18.2. The number of ether oxygens (including phenoxy) is 4. The van der Waals surface area contributed by atoms with Crippen LogP contribution in [0.15, 0.2) is 70.5 Å². The molecule has 0 spiro atoms. The highest BCUT2D eigenvalue weighted by Gasteiger charge is 2.41. The van der Waals surface area contributed by atoms with Gasteiger partial charge in [-0.25, -0.2) is 27.2 Å². The van der Waals surface area contributed by atoms with E-state index in [1.165, 1.54) is 12.1 Å². The van der Waals surface area contributed by atoms with Crippen LogP contribution in [0.4, 0.5) is 28.9 Å². The van der Waals surface area contributed by atoms with Crippen molar-refractivity contribution in [1.29, 1.82) is 0 Å². The summed E-state index contributed by atoms with van der Waals surface area (Å²) in [5.41, 5.74) is 1.87. The fourth-order valence-electron chi connectivity index (χ4n) is 10.4. The van der Waals surface area contributed by atoms with Crippen LogP contribution in [-0.2, 0) is 39.6 Å². The summed E-state index contributed by atoms with van der Waals surface area (Å²) < 4.78 is 97.2. The number of pyridine rings is 2. The van der Waals surface area contributed by atoms with Gasteiger partial charge >= 0.3 is 11.9 Å². The molecule has 24 heteroatoms. The van der Waals surface area contributed by atoms with E-state index in [0.29, 0.717) is 104 Å². The number of hydrogen-bond donors (Lipinski definition) is 0. The van der Waals surface area contributed by atoms with Crippen molar-refractivity contribution in [2.24, 2.45) is 10.8 Å². The molecule has 2 aromatic heterocycles. The van der Waals surface area contributed by atoms with Crippen LogP contribution in [0.3, 0.4) is 0 Å². The molecule has 94 heavy (non-hydrogen) atoms. The second kappa shape index (κ2) is 32.1. The smallest absolute Gasteiger partial charge is 0.343 e. The number of aromatic nitrogens is 2. The molecule has 4 heterocycles. The summed E-state index contributed by atoms with van der Waals surface area (Å²) in [5, 5.41) is 0.200. The first-order valence-electron chi connectivity index (χ1n) is 31.8. The van der Waals surface area contributed by atoms with Crippen molar-refractivity contribution in [3.8, 4) is 0 Å². The van der Waals surface area contributed by atoms with Gasteiger partial charge in [0.1, 0.15) is 32.8 Å². The van der Waals surface area contributed by atoms with Crippen LogP contribution in [0.1, 0.15) is 146 Å². The molecule has 2 atom stereocenters. The third-order valence-corrected chi connectivity index (χ3v) is 29.2. The third kappa shape index (κ3) is 18.7. The minimum atomic E-state index is -2.14. The molecule has 2 saturated heterocycles. The van der Waals surface area contributed by atoms with Crippen LogP contribution in [0.5, 0.6) is 0 Å². The molecule has 14 nitrogen and oxygen atoms in total. The molecule has 8 rings (SSSR count). The predicted molar refractivity (Wildman–Crippen MR) is 389 cm³/mol. The van der Waals surface area contributed by atoms with Crippen molar-refractivity contribution < 1.29 is 55.0 Å². The van der Waals surface area contributed by atoms with Crippen LogP contribution >= 0.6 is 61.7 Å². The largest absolute Gasteiger partial charge is 0.462 e. The van der Waals surface area contributed by atoms with Crippen molar-refractivity contribution in [1.82, 2.24) is 9.13 Å². The van der Waals surface area contributed by atoms with Gasteiger partial charge < -0.3 is 46.7 Å². The molecule has 0 unspecified atom stereocenters. The summed E-state index contributed by atoms with van der Waals surface area (Å²) in [5.74, 6) is -4.34. The Balaban J connectivity index is 0.000000249. The number of halogens is 8. The highest BCUT2D eigenvalue weighted by Crippen LogP contribution is 2.43. The minimum Gasteiger partial charge on any atom is -0.462 e. The molecule has 0 aliphatic carbocycles. The Morgan fingerprint density at radius 3 is 1.33 bits per heavy atom. The number of rotatable bonds is 17. The predicted octanol–water partition coefficient (Wildman–Crippen LogP) is 17.9. The maximum absolute atomic E-state index is 15.4. The Labute approximate surface area is 586 Å². The van der Waals surface area contributed by atoms with E-state index in [0.717, 1.165) is 9.09 Å². The summed E-state index contributed by atoms with van der Waals surface area (Å²) in [4.78, 5) is 56.3. The van der Waals surface area contributed by atoms with E-state index < -0.39 is 67.3 Å². The Morgan fingerprint density at radius 2 is 0.957 bits per heavy atom. The molecule has 518 valence electrons. The molecule has 2 fully saturated rings. The fraction of sp³-hybridized carbons (Fsp3) is 0.543. The van der Waals surface area contributed by atoms with Gasteiger partial charge in [-0.1, -0.05) is 128 Å². The minimum absolute atomic E-state index is 0.00773. The van der Waals surface area contributed by atoms with Gasteiger partial charge in [0.2, 0.25) is 10.9 Å². The number of esters is 2. The number of benzene rings is 4. The summed E-state index contributed by atoms with van der Waals surface area (Å²) in [6.45, 7) is 43.5. The van der Waals surface area contributed by atoms with E-state index in [1.54, 1.807) is 37.2 Å². The molecule has 2 aliphatic heterocycles. The average molecular weight is 1560 g/mol. The zero-order valence-electron chi connectivity index (χ0n) is 57.7. The number of nitrogens with zero attached hydrogens (tertiary/aromatic N) is 4. The monoisotopic (exact) mass is 1560 g/mol. The summed E-state index contributed by atoms with van der Waals surface area (Å²) in [7, 11) is -4.12. The number of hydrogen-bond acceptors (Lipinski definition) is 12. The fourth-order valence-corrected chi connectivity index (χ4v) is 13.7. The lowest BCUT2D eigenvalue weighted by Crippen LogP contribution is -2.43. The molecule has 4 aromatic carbocycles. The quantitative estimate of drug-likeness (QED) is 0.0214. The van der Waals surface area contributed by atoms with Crippen molar-refractivity contribution in [3.63, 3.8) is 0 Å². The number of carbonyl (C=O) groups excluding carboxylic acids is 2. The van der Waals surface area contributed by atoms with Crippen LogP contribution in [0.25, 0.3) is 21.8 Å². The maximum atomic E-state index is 15.4. The van der Waals surface area contributed by atoms with Crippen molar-refractivity contribution in [3.05, 3.63) is 146 Å². The van der Waals surface area contributed by atoms with E-state index in [-0.39, 0.29) is 80.4 Å². The van der Waals surface area contributed by atoms with Gasteiger partial charge in [-0.05, 0) is 137 Å². The molecule has 0 saturated carbocycles. The van der Waals surface area contributed by atoms with Crippen LogP contribution in [-0.4, -0.2) is 117 Å². The zero-order valence-corrected chi connectivity index (χ0v) is 65.0. The molecule has 0 bridgehead atoms. The number of fused-ring (bicyclic) bond motifs is 2. The SMILES string of the molecule is CCOC(=O)c1cn([C@H](CO[Si](C)(C)C(C)(C)C)C(C)(C)C)c2ccc(Cc3cc(N4CCOCC4)c(F)c(Cl)c3F)cc2c1=O.CCOC(=O)c1cn([C@H](CO[Si](C)(C)C(C)(C)C)C(C)(C)C)c2ccc(I)cc2c1=O.Fc1c(CBr)cc(N2CCOCC2)c(F)c1Cl. The lowest BCUT2D eigenvalue weighted by Gasteiger charge is -2.40. The summed E-state index contributed by atoms with van der Waals surface area (Å²) in [6, 6.07) is 13.8. The van der Waals surface area contributed by atoms with Crippen LogP contribution in [0.2, 0.25) is 46.3 Å². The average Bonchev–Trinajstić information content (AvgIpc) is 0.762. The Bertz CT molecular complexity index is 3820. The van der Waals surface area contributed by atoms with Crippen molar-refractivity contribution in [2.75, 3.05) is 88.8 Å². The molecular weight excluding hydrogens is 1470 g/mol. The Kier molecular flexibility index (Phi) is 26.8. The number of carbonyl (C=O) groups is 2. The standard InChI is InChI=1S/C35H47ClF2N2O5Si.C24H36INO4Si.C11H11BrClF2NO/c1-10-44-33(42)25-20-40(28(34(2,3)4)21-45-46(8,9)35(5,6)7)26-12-11-22(18-24(26)32(25)41)17-23-19-27(31(38)29(36)30(23)37)39-13-15-43-16-14-39;1-10-29-22(28)18-14-26(19-12-11-16(25)13-17(19)21(18)27)20(23(2,3)4)15-30-31(8,9)24(5,6)7;12-6-7-5-8(11(15)9(13)10(7)14)16-1-3-17-4-2-16/h11-12,18-20,28H,10,13-17,21H2,1-9H3;11-14,20H,10,15H2,1-9H3;5H,1-4,6H2/t28-;20-;/m11./s1. The van der Waals surface area contributed by atoms with E-state index in [4.69, 9.17) is 51.0 Å². The normalized spacial score (nSPS) is 15.1. The first kappa shape index (κ1) is 78.6. The van der Waals surface area contributed by atoms with Crippen LogP contribution < -0.4 is 20.7 Å². The van der Waals surface area contributed by atoms with Gasteiger partial charge in [0.05, 0.1) is 87.3 Å². The van der Waals surface area contributed by atoms with Gasteiger partial charge in [-0.2, -0.15) is 0 Å². The highest BCUT2D eigenvalue weighted by atomic mass is 127. The molecule has 2 aliphatic rings. The number of anilines is 2. The van der Waals surface area contributed by atoms with Gasteiger partial charge in [-0.15, -0.1) is 0 Å². The lowest BCUT2D eigenvalue weighted by atomic mass is 9.86. The Morgan fingerprint density at radius 1 is 0.585 bits per heavy atom. The van der Waals surface area contributed by atoms with Crippen molar-refractivity contribution >= 4 is 123 Å². The van der Waals surface area contributed by atoms with Crippen molar-refractivity contribution in [2.45, 2.75) is 157 Å². The number of alkyl halides is 1. The Hall–Kier alpha value is -4.38. The first-order chi connectivity index (χ1) is 43.6. The lowest BCUT2D eigenvalue weighted by molar-refractivity contribution is 0.0513. The summed E-state index contributed by atoms with van der Waals surface area (Å²) in [6.07, 6.45) is 3.31. The van der Waals surface area contributed by atoms with Gasteiger partial charge in [0.25, 0.3) is 0 Å². The second-order valence-corrected chi connectivity index (χ2v) is 41.1. The van der Waals surface area contributed by atoms with E-state index in [1.807, 2.05) is 44.4 Å². The van der Waals surface area contributed by atoms with Crippen LogP contribution in [0, 0.1) is 37.7 Å². The van der Waals surface area contributed by atoms with E-state index in [9.17, 15) is 28.0 Å². The first-order valence-corrected chi connectivity index (χ1v) is 40.6. The topological polar surface area (TPSA) is 140 Å². The molecule has 0 amide bonds. The van der Waals surface area contributed by atoms with Gasteiger partial charge in [-0.3, -0.25) is 9.59 Å². The maximum Gasteiger partial charge on any atom is 0.343 e. The highest BCUT2D eigenvalue weighted by molar-refractivity contribution is 14.1. The van der Waals surface area contributed by atoms with E-state index in [2.05, 4.69) is 148 Å². The molecule has 0 radical (unpaired) electrons. The second-order valence-electron chi connectivity index (χ2n) is 28.9. The molecule has 0 N–H and O–H groups in total. The van der Waals surface area contributed by atoms with Gasteiger partial charge in [0.15, 0.2) is 28.3 Å². The van der Waals surface area contributed by atoms with E-state index >= 15 is 8.78 Å².